The van der Waals surface area contributed by atoms with Gasteiger partial charge in [-0.15, -0.1) is 0 Å². The largest absolute Gasteiger partial charge is 0.381 e. The summed E-state index contributed by atoms with van der Waals surface area (Å²) in [5, 5.41) is 0.509. The van der Waals surface area contributed by atoms with Crippen molar-refractivity contribution in [2.24, 2.45) is 11.8 Å². The topological polar surface area (TPSA) is 38.2 Å². The van der Waals surface area contributed by atoms with Crippen LogP contribution < -0.4 is 4.90 Å². The van der Waals surface area contributed by atoms with Crippen molar-refractivity contribution >= 4 is 17.4 Å². The van der Waals surface area contributed by atoms with Crippen molar-refractivity contribution in [1.29, 1.82) is 0 Å². The van der Waals surface area contributed by atoms with Gasteiger partial charge in [0, 0.05) is 31.7 Å². The molecule has 3 heterocycles. The highest BCUT2D eigenvalue weighted by atomic mass is 35.5. The predicted octanol–water partition coefficient (Wildman–Crippen LogP) is 1.60. The summed E-state index contributed by atoms with van der Waals surface area (Å²) in [5.41, 5.74) is 0. The van der Waals surface area contributed by atoms with Crippen LogP contribution in [-0.4, -0.2) is 36.3 Å². The summed E-state index contributed by atoms with van der Waals surface area (Å²) in [7, 11) is 0. The van der Waals surface area contributed by atoms with E-state index in [2.05, 4.69) is 14.9 Å². The van der Waals surface area contributed by atoms with Crippen LogP contribution in [0.4, 0.5) is 5.82 Å². The molecule has 0 aliphatic carbocycles. The van der Waals surface area contributed by atoms with Gasteiger partial charge in [-0.1, -0.05) is 11.6 Å². The fourth-order valence-corrected chi connectivity index (χ4v) is 2.71. The number of anilines is 1. The first-order chi connectivity index (χ1) is 7.83. The number of hydrogen-bond donors (Lipinski definition) is 0. The van der Waals surface area contributed by atoms with E-state index in [1.807, 2.05) is 6.07 Å². The van der Waals surface area contributed by atoms with E-state index in [9.17, 15) is 0 Å². The van der Waals surface area contributed by atoms with Crippen molar-refractivity contribution in [2.45, 2.75) is 6.42 Å². The van der Waals surface area contributed by atoms with Gasteiger partial charge < -0.3 is 9.64 Å². The van der Waals surface area contributed by atoms with Gasteiger partial charge in [0.25, 0.3) is 0 Å². The first-order valence-corrected chi connectivity index (χ1v) is 6.01. The number of nitrogens with zero attached hydrogens (tertiary/aromatic N) is 3. The molecule has 1 aromatic rings. The lowest BCUT2D eigenvalue weighted by atomic mass is 9.89. The highest BCUT2D eigenvalue weighted by molar-refractivity contribution is 6.29. The standard InChI is InChI=1S/C11H14ClN3O/c12-10-3-11(14-7-13-10)15-2-1-8-5-16-6-9(8)4-15/h3,7-9H,1-2,4-6H2/t8-,9+/m1/s1. The van der Waals surface area contributed by atoms with Crippen molar-refractivity contribution < 1.29 is 4.74 Å². The fourth-order valence-electron chi connectivity index (χ4n) is 2.57. The Morgan fingerprint density at radius 3 is 3.06 bits per heavy atom. The Morgan fingerprint density at radius 1 is 1.31 bits per heavy atom. The Bertz CT molecular complexity index is 387. The smallest absolute Gasteiger partial charge is 0.134 e. The van der Waals surface area contributed by atoms with Crippen LogP contribution in [0.2, 0.25) is 5.15 Å². The molecule has 0 unspecified atom stereocenters. The summed E-state index contributed by atoms with van der Waals surface area (Å²) in [6.45, 7) is 3.89. The van der Waals surface area contributed by atoms with E-state index in [0.717, 1.165) is 38.0 Å². The SMILES string of the molecule is Clc1cc(N2CC[C@@H]3COC[C@@H]3C2)ncn1. The number of piperidine rings is 1. The number of ether oxygens (including phenoxy) is 1. The number of halogens is 1. The molecule has 86 valence electrons. The van der Waals surface area contributed by atoms with Crippen molar-refractivity contribution in [3.63, 3.8) is 0 Å². The zero-order chi connectivity index (χ0) is 11.0. The molecule has 16 heavy (non-hydrogen) atoms. The second-order valence-electron chi connectivity index (χ2n) is 4.49. The summed E-state index contributed by atoms with van der Waals surface area (Å²) in [4.78, 5) is 10.5. The molecular weight excluding hydrogens is 226 g/mol. The van der Waals surface area contributed by atoms with Crippen molar-refractivity contribution in [2.75, 3.05) is 31.2 Å². The van der Waals surface area contributed by atoms with Crippen molar-refractivity contribution in [1.82, 2.24) is 9.97 Å². The van der Waals surface area contributed by atoms with E-state index in [4.69, 9.17) is 16.3 Å². The van der Waals surface area contributed by atoms with Gasteiger partial charge in [-0.25, -0.2) is 9.97 Å². The molecule has 2 aliphatic heterocycles. The third-order valence-corrected chi connectivity index (χ3v) is 3.71. The van der Waals surface area contributed by atoms with Crippen molar-refractivity contribution in [3.8, 4) is 0 Å². The summed E-state index contributed by atoms with van der Waals surface area (Å²) in [6, 6.07) is 1.83. The molecule has 4 nitrogen and oxygen atoms in total. The Balaban J connectivity index is 1.76. The van der Waals surface area contributed by atoms with Crippen molar-refractivity contribution in [3.05, 3.63) is 17.5 Å². The average Bonchev–Trinajstić information content (AvgIpc) is 2.75. The molecule has 5 heteroatoms. The number of hydrogen-bond acceptors (Lipinski definition) is 4. The van der Waals surface area contributed by atoms with E-state index in [-0.39, 0.29) is 0 Å². The molecule has 0 amide bonds. The lowest BCUT2D eigenvalue weighted by Crippen LogP contribution is -2.40. The van der Waals surface area contributed by atoms with Crippen LogP contribution in [-0.2, 0) is 4.74 Å². The molecule has 0 radical (unpaired) electrons. The molecular formula is C11H14ClN3O. The summed E-state index contributed by atoms with van der Waals surface area (Å²) >= 11 is 5.87. The van der Waals surface area contributed by atoms with Crippen LogP contribution in [0.1, 0.15) is 6.42 Å². The van der Waals surface area contributed by atoms with Gasteiger partial charge in [0.2, 0.25) is 0 Å². The van der Waals surface area contributed by atoms with E-state index < -0.39 is 0 Å². The zero-order valence-corrected chi connectivity index (χ0v) is 9.73. The average molecular weight is 240 g/mol. The highest BCUT2D eigenvalue weighted by Gasteiger charge is 2.34. The van der Waals surface area contributed by atoms with Gasteiger partial charge in [0.05, 0.1) is 6.61 Å². The molecule has 0 N–H and O–H groups in total. The Hall–Kier alpha value is -0.870. The molecule has 0 bridgehead atoms. The van der Waals surface area contributed by atoms with Crippen LogP contribution in [0.3, 0.4) is 0 Å². The lowest BCUT2D eigenvalue weighted by Gasteiger charge is -2.34. The molecule has 2 aliphatic rings. The third-order valence-electron chi connectivity index (χ3n) is 3.50. The number of fused-ring (bicyclic) bond motifs is 1. The predicted molar refractivity (Wildman–Crippen MR) is 61.7 cm³/mol. The maximum atomic E-state index is 5.87. The lowest BCUT2D eigenvalue weighted by molar-refractivity contribution is 0.182. The monoisotopic (exact) mass is 239 g/mol. The van der Waals surface area contributed by atoms with Crippen LogP contribution >= 0.6 is 11.6 Å². The zero-order valence-electron chi connectivity index (χ0n) is 8.97. The minimum Gasteiger partial charge on any atom is -0.381 e. The molecule has 2 atom stereocenters. The first-order valence-electron chi connectivity index (χ1n) is 5.63. The summed E-state index contributed by atoms with van der Waals surface area (Å²) in [5.74, 6) is 2.33. The molecule has 2 fully saturated rings. The quantitative estimate of drug-likeness (QED) is 0.698. The summed E-state index contributed by atoms with van der Waals surface area (Å²) in [6.07, 6.45) is 2.71. The van der Waals surface area contributed by atoms with Crippen LogP contribution in [0.25, 0.3) is 0 Å². The highest BCUT2D eigenvalue weighted by Crippen LogP contribution is 2.31. The van der Waals surface area contributed by atoms with Gasteiger partial charge in [0.1, 0.15) is 17.3 Å². The molecule has 0 saturated carbocycles. The number of rotatable bonds is 1. The van der Waals surface area contributed by atoms with Gasteiger partial charge in [0.15, 0.2) is 0 Å². The van der Waals surface area contributed by atoms with E-state index in [1.54, 1.807) is 0 Å². The van der Waals surface area contributed by atoms with E-state index in [0.29, 0.717) is 11.1 Å². The Kier molecular flexibility index (Phi) is 2.69. The van der Waals surface area contributed by atoms with Crippen LogP contribution in [0.5, 0.6) is 0 Å². The van der Waals surface area contributed by atoms with Crippen LogP contribution in [0.15, 0.2) is 12.4 Å². The second kappa shape index (κ2) is 4.18. The maximum Gasteiger partial charge on any atom is 0.134 e. The van der Waals surface area contributed by atoms with Gasteiger partial charge in [-0.2, -0.15) is 0 Å². The summed E-state index contributed by atoms with van der Waals surface area (Å²) < 4.78 is 5.51. The molecule has 0 aromatic carbocycles. The van der Waals surface area contributed by atoms with E-state index >= 15 is 0 Å². The van der Waals surface area contributed by atoms with Gasteiger partial charge in [-0.05, 0) is 12.3 Å². The molecule has 1 aromatic heterocycles. The molecule has 2 saturated heterocycles. The Labute approximate surface area is 99.6 Å². The number of aromatic nitrogens is 2. The minimum atomic E-state index is 0.509. The second-order valence-corrected chi connectivity index (χ2v) is 4.88. The maximum absolute atomic E-state index is 5.87. The van der Waals surface area contributed by atoms with Gasteiger partial charge in [-0.3, -0.25) is 0 Å². The normalized spacial score (nSPS) is 29.2. The Morgan fingerprint density at radius 2 is 2.19 bits per heavy atom. The molecule has 0 spiro atoms. The van der Waals surface area contributed by atoms with E-state index in [1.165, 1.54) is 12.7 Å². The molecule has 3 rings (SSSR count). The first kappa shape index (κ1) is 10.3. The third kappa shape index (κ3) is 1.87. The van der Waals surface area contributed by atoms with Gasteiger partial charge >= 0.3 is 0 Å². The minimum absolute atomic E-state index is 0.509. The van der Waals surface area contributed by atoms with Crippen LogP contribution in [0, 0.1) is 11.8 Å². The fraction of sp³-hybridized carbons (Fsp3) is 0.636.